The van der Waals surface area contributed by atoms with Gasteiger partial charge in [0.25, 0.3) is 0 Å². The van der Waals surface area contributed by atoms with E-state index in [1.54, 1.807) is 11.1 Å². The summed E-state index contributed by atoms with van der Waals surface area (Å²) in [7, 11) is 0. The zero-order valence-corrected chi connectivity index (χ0v) is 11.0. The fourth-order valence-corrected chi connectivity index (χ4v) is 3.54. The van der Waals surface area contributed by atoms with Gasteiger partial charge in [0.1, 0.15) is 0 Å². The fourth-order valence-electron chi connectivity index (χ4n) is 3.54. The van der Waals surface area contributed by atoms with E-state index in [-0.39, 0.29) is 5.41 Å². The maximum atomic E-state index is 9.76. The number of hydrogen-bond acceptors (Lipinski definition) is 2. The maximum absolute atomic E-state index is 9.76. The molecular formula is C16H23NO. The number of aliphatic hydroxyl groups excluding tert-OH is 1. The standard InChI is InChI=1S/C16H23NO/c18-12-16(7-2-8-17-11-16)10-13-5-6-14-3-1-4-15(14)9-13/h5-6,9,17-18H,1-4,7-8,10-12H2. The Bertz CT molecular complexity index is 421. The zero-order chi connectivity index (χ0) is 12.4. The van der Waals surface area contributed by atoms with Crippen molar-refractivity contribution in [2.24, 2.45) is 5.41 Å². The smallest absolute Gasteiger partial charge is 0.0502 e. The molecule has 2 N–H and O–H groups in total. The van der Waals surface area contributed by atoms with E-state index in [1.165, 1.54) is 31.2 Å². The van der Waals surface area contributed by atoms with E-state index in [1.807, 2.05) is 0 Å². The Morgan fingerprint density at radius 1 is 1.17 bits per heavy atom. The summed E-state index contributed by atoms with van der Waals surface area (Å²) < 4.78 is 0. The van der Waals surface area contributed by atoms with Crippen LogP contribution in [0.25, 0.3) is 0 Å². The number of aliphatic hydroxyl groups is 1. The summed E-state index contributed by atoms with van der Waals surface area (Å²) in [5, 5.41) is 13.2. The molecule has 0 bridgehead atoms. The molecule has 1 aromatic carbocycles. The van der Waals surface area contributed by atoms with Crippen LogP contribution in [0.1, 0.15) is 36.0 Å². The van der Waals surface area contributed by atoms with Gasteiger partial charge in [-0.3, -0.25) is 0 Å². The first-order chi connectivity index (χ1) is 8.81. The monoisotopic (exact) mass is 245 g/mol. The highest BCUT2D eigenvalue weighted by atomic mass is 16.3. The predicted octanol–water partition coefficient (Wildman–Crippen LogP) is 2.08. The lowest BCUT2D eigenvalue weighted by Crippen LogP contribution is -2.44. The Balaban J connectivity index is 1.78. The molecule has 1 fully saturated rings. The van der Waals surface area contributed by atoms with E-state index in [4.69, 9.17) is 0 Å². The third-order valence-electron chi connectivity index (χ3n) is 4.64. The van der Waals surface area contributed by atoms with Gasteiger partial charge in [-0.1, -0.05) is 18.2 Å². The molecular weight excluding hydrogens is 222 g/mol. The van der Waals surface area contributed by atoms with Crippen molar-refractivity contribution in [3.05, 3.63) is 34.9 Å². The summed E-state index contributed by atoms with van der Waals surface area (Å²) in [6.07, 6.45) is 7.16. The molecule has 1 atom stereocenters. The van der Waals surface area contributed by atoms with Crippen LogP contribution in [0.15, 0.2) is 18.2 Å². The quantitative estimate of drug-likeness (QED) is 0.854. The lowest BCUT2D eigenvalue weighted by Gasteiger charge is -2.36. The van der Waals surface area contributed by atoms with Gasteiger partial charge in [0.2, 0.25) is 0 Å². The van der Waals surface area contributed by atoms with Crippen LogP contribution in [0.2, 0.25) is 0 Å². The molecule has 0 aromatic heterocycles. The summed E-state index contributed by atoms with van der Waals surface area (Å²) in [4.78, 5) is 0. The van der Waals surface area contributed by atoms with E-state index in [0.29, 0.717) is 6.61 Å². The predicted molar refractivity (Wildman–Crippen MR) is 73.8 cm³/mol. The van der Waals surface area contributed by atoms with Crippen molar-refractivity contribution in [3.8, 4) is 0 Å². The molecule has 0 amide bonds. The van der Waals surface area contributed by atoms with Crippen LogP contribution in [0, 0.1) is 5.41 Å². The maximum Gasteiger partial charge on any atom is 0.0502 e. The topological polar surface area (TPSA) is 32.3 Å². The van der Waals surface area contributed by atoms with Crippen molar-refractivity contribution in [2.45, 2.75) is 38.5 Å². The Hall–Kier alpha value is -0.860. The van der Waals surface area contributed by atoms with Crippen LogP contribution in [0.4, 0.5) is 0 Å². The number of piperidine rings is 1. The van der Waals surface area contributed by atoms with Gasteiger partial charge in [0.15, 0.2) is 0 Å². The van der Waals surface area contributed by atoms with Gasteiger partial charge in [-0.15, -0.1) is 0 Å². The number of aryl methyl sites for hydroxylation is 2. The van der Waals surface area contributed by atoms with Crippen LogP contribution in [-0.4, -0.2) is 24.8 Å². The molecule has 0 radical (unpaired) electrons. The number of hydrogen-bond donors (Lipinski definition) is 2. The van der Waals surface area contributed by atoms with E-state index in [2.05, 4.69) is 23.5 Å². The van der Waals surface area contributed by atoms with Crippen molar-refractivity contribution in [1.82, 2.24) is 5.32 Å². The van der Waals surface area contributed by atoms with Crippen LogP contribution in [-0.2, 0) is 19.3 Å². The van der Waals surface area contributed by atoms with Crippen LogP contribution >= 0.6 is 0 Å². The van der Waals surface area contributed by atoms with Gasteiger partial charge in [0.05, 0.1) is 6.61 Å². The molecule has 1 heterocycles. The number of benzene rings is 1. The molecule has 2 aliphatic rings. The van der Waals surface area contributed by atoms with Gasteiger partial charge in [0, 0.05) is 12.0 Å². The molecule has 2 heteroatoms. The van der Waals surface area contributed by atoms with Crippen molar-refractivity contribution < 1.29 is 5.11 Å². The van der Waals surface area contributed by atoms with Crippen LogP contribution in [0.3, 0.4) is 0 Å². The molecule has 18 heavy (non-hydrogen) atoms. The molecule has 3 rings (SSSR count). The van der Waals surface area contributed by atoms with Crippen LogP contribution < -0.4 is 5.32 Å². The van der Waals surface area contributed by atoms with Crippen molar-refractivity contribution >= 4 is 0 Å². The largest absolute Gasteiger partial charge is 0.396 e. The fraction of sp³-hybridized carbons (Fsp3) is 0.625. The molecule has 2 nitrogen and oxygen atoms in total. The molecule has 0 spiro atoms. The Kier molecular flexibility index (Phi) is 3.40. The Morgan fingerprint density at radius 2 is 2.06 bits per heavy atom. The molecule has 98 valence electrons. The Morgan fingerprint density at radius 3 is 2.83 bits per heavy atom. The number of nitrogens with one attached hydrogen (secondary N) is 1. The van der Waals surface area contributed by atoms with Gasteiger partial charge in [-0.25, -0.2) is 0 Å². The molecule has 1 aromatic rings. The summed E-state index contributed by atoms with van der Waals surface area (Å²) >= 11 is 0. The highest BCUT2D eigenvalue weighted by molar-refractivity contribution is 5.35. The molecule has 0 saturated carbocycles. The van der Waals surface area contributed by atoms with E-state index in [9.17, 15) is 5.11 Å². The SMILES string of the molecule is OCC1(Cc2ccc3c(c2)CCC3)CCCNC1. The average Bonchev–Trinajstić information content (AvgIpc) is 2.87. The average molecular weight is 245 g/mol. The van der Waals surface area contributed by atoms with Gasteiger partial charge in [-0.05, 0) is 61.8 Å². The highest BCUT2D eigenvalue weighted by Gasteiger charge is 2.31. The molecule has 1 unspecified atom stereocenters. The summed E-state index contributed by atoms with van der Waals surface area (Å²) in [5.74, 6) is 0. The summed E-state index contributed by atoms with van der Waals surface area (Å²) in [6, 6.07) is 6.96. The minimum atomic E-state index is 0.0745. The first-order valence-corrected chi connectivity index (χ1v) is 7.24. The van der Waals surface area contributed by atoms with E-state index < -0.39 is 0 Å². The number of rotatable bonds is 3. The van der Waals surface area contributed by atoms with Crippen LogP contribution in [0.5, 0.6) is 0 Å². The first kappa shape index (κ1) is 12.2. The zero-order valence-electron chi connectivity index (χ0n) is 11.0. The normalized spacial score (nSPS) is 27.2. The third kappa shape index (κ3) is 2.32. The van der Waals surface area contributed by atoms with Crippen molar-refractivity contribution in [3.63, 3.8) is 0 Å². The third-order valence-corrected chi connectivity index (χ3v) is 4.64. The van der Waals surface area contributed by atoms with E-state index >= 15 is 0 Å². The second kappa shape index (κ2) is 5.02. The second-order valence-electron chi connectivity index (χ2n) is 6.07. The second-order valence-corrected chi connectivity index (χ2v) is 6.07. The van der Waals surface area contributed by atoms with Crippen molar-refractivity contribution in [1.29, 1.82) is 0 Å². The molecule has 1 saturated heterocycles. The van der Waals surface area contributed by atoms with Gasteiger partial charge in [-0.2, -0.15) is 0 Å². The van der Waals surface area contributed by atoms with Gasteiger partial charge < -0.3 is 10.4 Å². The number of fused-ring (bicyclic) bond motifs is 1. The minimum Gasteiger partial charge on any atom is -0.396 e. The first-order valence-electron chi connectivity index (χ1n) is 7.24. The summed E-state index contributed by atoms with van der Waals surface area (Å²) in [5.41, 5.74) is 4.57. The van der Waals surface area contributed by atoms with Gasteiger partial charge >= 0.3 is 0 Å². The lowest BCUT2D eigenvalue weighted by atomic mass is 9.76. The Labute approximate surface area is 109 Å². The lowest BCUT2D eigenvalue weighted by molar-refractivity contribution is 0.0948. The highest BCUT2D eigenvalue weighted by Crippen LogP contribution is 2.32. The van der Waals surface area contributed by atoms with E-state index in [0.717, 1.165) is 25.9 Å². The minimum absolute atomic E-state index is 0.0745. The molecule has 1 aliphatic heterocycles. The molecule has 1 aliphatic carbocycles. The summed E-state index contributed by atoms with van der Waals surface area (Å²) in [6.45, 7) is 2.36. The van der Waals surface area contributed by atoms with Crippen molar-refractivity contribution in [2.75, 3.05) is 19.7 Å².